The van der Waals surface area contributed by atoms with Crippen molar-refractivity contribution in [1.29, 1.82) is 0 Å². The van der Waals surface area contributed by atoms with Gasteiger partial charge in [-0.15, -0.1) is 0 Å². The van der Waals surface area contributed by atoms with E-state index in [-0.39, 0.29) is 16.5 Å². The maximum Gasteiger partial charge on any atom is 0.288 e. The van der Waals surface area contributed by atoms with E-state index < -0.39 is 4.92 Å². The van der Waals surface area contributed by atoms with Crippen LogP contribution >= 0.6 is 11.6 Å². The Labute approximate surface area is 144 Å². The van der Waals surface area contributed by atoms with Crippen molar-refractivity contribution in [3.63, 3.8) is 0 Å². The van der Waals surface area contributed by atoms with Gasteiger partial charge in [0.1, 0.15) is 10.8 Å². The fraction of sp³-hybridized carbons (Fsp3) is 0.222. The van der Waals surface area contributed by atoms with Crippen molar-refractivity contribution in [2.75, 3.05) is 13.1 Å². The Kier molecular flexibility index (Phi) is 4.92. The van der Waals surface area contributed by atoms with Crippen LogP contribution in [-0.2, 0) is 6.54 Å². The molecule has 0 unspecified atom stereocenters. The zero-order valence-electron chi connectivity index (χ0n) is 12.9. The molecule has 2 aromatic carbocycles. The van der Waals surface area contributed by atoms with E-state index in [1.807, 2.05) is 6.07 Å². The maximum absolute atomic E-state index is 13.0. The minimum absolute atomic E-state index is 0.0614. The molecule has 0 aromatic heterocycles. The smallest absolute Gasteiger partial charge is 0.288 e. The lowest BCUT2D eigenvalue weighted by Crippen LogP contribution is -2.28. The summed E-state index contributed by atoms with van der Waals surface area (Å²) in [4.78, 5) is 12.7. The van der Waals surface area contributed by atoms with Crippen molar-refractivity contribution < 1.29 is 9.31 Å². The normalized spacial score (nSPS) is 15.2. The van der Waals surface area contributed by atoms with E-state index >= 15 is 0 Å². The molecule has 0 bridgehead atoms. The van der Waals surface area contributed by atoms with E-state index in [0.29, 0.717) is 6.54 Å². The van der Waals surface area contributed by atoms with Gasteiger partial charge in [0.25, 0.3) is 5.69 Å². The van der Waals surface area contributed by atoms with Crippen molar-refractivity contribution in [3.8, 4) is 0 Å². The predicted molar refractivity (Wildman–Crippen MR) is 92.4 cm³/mol. The van der Waals surface area contributed by atoms with Gasteiger partial charge in [0, 0.05) is 25.7 Å². The number of nitro benzene ring substituents is 1. The van der Waals surface area contributed by atoms with Crippen LogP contribution in [0.3, 0.4) is 0 Å². The van der Waals surface area contributed by atoms with Crippen LogP contribution in [0.4, 0.5) is 10.1 Å². The van der Waals surface area contributed by atoms with Gasteiger partial charge < -0.3 is 0 Å². The van der Waals surface area contributed by atoms with Gasteiger partial charge in [-0.05, 0) is 41.3 Å². The number of nitro groups is 1. The maximum atomic E-state index is 13.0. The zero-order valence-corrected chi connectivity index (χ0v) is 13.7. The summed E-state index contributed by atoms with van der Waals surface area (Å²) >= 11 is 5.84. The Morgan fingerprint density at radius 1 is 1.21 bits per heavy atom. The first-order valence-corrected chi connectivity index (χ1v) is 8.01. The van der Waals surface area contributed by atoms with Crippen LogP contribution in [0.15, 0.2) is 48.5 Å². The second-order valence-electron chi connectivity index (χ2n) is 5.76. The number of hydrogen-bond acceptors (Lipinski definition) is 3. The van der Waals surface area contributed by atoms with Crippen molar-refractivity contribution in [2.45, 2.75) is 13.0 Å². The highest BCUT2D eigenvalue weighted by atomic mass is 35.5. The molecule has 0 radical (unpaired) electrons. The molecular formula is C18H16ClFN2O2. The van der Waals surface area contributed by atoms with Gasteiger partial charge >= 0.3 is 0 Å². The van der Waals surface area contributed by atoms with E-state index in [9.17, 15) is 14.5 Å². The van der Waals surface area contributed by atoms with Crippen molar-refractivity contribution in [2.24, 2.45) is 0 Å². The predicted octanol–water partition coefficient (Wildman–Crippen LogP) is 4.68. The molecule has 0 amide bonds. The topological polar surface area (TPSA) is 46.4 Å². The fourth-order valence-electron chi connectivity index (χ4n) is 2.84. The molecule has 3 rings (SSSR count). The second kappa shape index (κ2) is 7.11. The Balaban J connectivity index is 1.68. The summed E-state index contributed by atoms with van der Waals surface area (Å²) < 4.78 is 13.0. The highest BCUT2D eigenvalue weighted by Gasteiger charge is 2.16. The molecule has 0 saturated heterocycles. The number of rotatable bonds is 4. The van der Waals surface area contributed by atoms with E-state index in [4.69, 9.17) is 11.6 Å². The Morgan fingerprint density at radius 3 is 2.58 bits per heavy atom. The summed E-state index contributed by atoms with van der Waals surface area (Å²) in [6, 6.07) is 11.4. The summed E-state index contributed by atoms with van der Waals surface area (Å²) in [5, 5.41) is 11.1. The van der Waals surface area contributed by atoms with E-state index in [1.54, 1.807) is 18.2 Å². The minimum atomic E-state index is -0.464. The first-order valence-electron chi connectivity index (χ1n) is 7.63. The summed E-state index contributed by atoms with van der Waals surface area (Å²) in [6.07, 6.45) is 2.99. The lowest BCUT2D eigenvalue weighted by atomic mass is 9.99. The third-order valence-electron chi connectivity index (χ3n) is 4.12. The van der Waals surface area contributed by atoms with Crippen LogP contribution in [0.25, 0.3) is 5.57 Å². The number of benzene rings is 2. The monoisotopic (exact) mass is 346 g/mol. The second-order valence-corrected chi connectivity index (χ2v) is 6.17. The Bertz CT molecular complexity index is 790. The van der Waals surface area contributed by atoms with E-state index in [0.717, 1.165) is 30.6 Å². The van der Waals surface area contributed by atoms with Crippen LogP contribution in [0.2, 0.25) is 5.02 Å². The molecule has 1 aliphatic rings. The van der Waals surface area contributed by atoms with Crippen molar-refractivity contribution >= 4 is 22.9 Å². The quantitative estimate of drug-likeness (QED) is 0.596. The van der Waals surface area contributed by atoms with Gasteiger partial charge in [-0.3, -0.25) is 15.0 Å². The largest absolute Gasteiger partial charge is 0.295 e. The van der Waals surface area contributed by atoms with Crippen LogP contribution in [0.1, 0.15) is 17.5 Å². The molecule has 1 heterocycles. The minimum Gasteiger partial charge on any atom is -0.295 e. The molecule has 0 aliphatic carbocycles. The van der Waals surface area contributed by atoms with Crippen molar-refractivity contribution in [3.05, 3.63) is 80.6 Å². The van der Waals surface area contributed by atoms with Crippen molar-refractivity contribution in [1.82, 2.24) is 4.90 Å². The fourth-order valence-corrected chi connectivity index (χ4v) is 3.02. The molecular weight excluding hydrogens is 331 g/mol. The number of hydrogen-bond donors (Lipinski definition) is 0. The molecule has 0 atom stereocenters. The van der Waals surface area contributed by atoms with E-state index in [2.05, 4.69) is 11.0 Å². The highest BCUT2D eigenvalue weighted by molar-refractivity contribution is 6.32. The zero-order chi connectivity index (χ0) is 17.1. The first kappa shape index (κ1) is 16.6. The molecule has 1 aliphatic heterocycles. The van der Waals surface area contributed by atoms with E-state index in [1.165, 1.54) is 23.8 Å². The average Bonchev–Trinajstić information content (AvgIpc) is 2.58. The Hall–Kier alpha value is -2.24. The van der Waals surface area contributed by atoms with Crippen LogP contribution in [0.5, 0.6) is 0 Å². The van der Waals surface area contributed by atoms with Crippen LogP contribution in [-0.4, -0.2) is 22.9 Å². The Morgan fingerprint density at radius 2 is 1.96 bits per heavy atom. The molecule has 0 N–H and O–H groups in total. The molecule has 124 valence electrons. The summed E-state index contributed by atoms with van der Waals surface area (Å²) in [6.45, 7) is 2.23. The summed E-state index contributed by atoms with van der Waals surface area (Å²) in [5.74, 6) is -0.235. The molecule has 0 fully saturated rings. The summed E-state index contributed by atoms with van der Waals surface area (Å²) in [5.41, 5.74) is 3.05. The van der Waals surface area contributed by atoms with Gasteiger partial charge in [0.05, 0.1) is 4.92 Å². The standard InChI is InChI=1S/C18H16ClFN2O2/c19-17-6-1-13(11-18(17)22(23)24)12-21-9-7-15(8-10-21)14-2-4-16(20)5-3-14/h1-7,11H,8-10,12H2. The lowest BCUT2D eigenvalue weighted by molar-refractivity contribution is -0.384. The first-order chi connectivity index (χ1) is 11.5. The van der Waals surface area contributed by atoms with Crippen LogP contribution < -0.4 is 0 Å². The molecule has 6 heteroatoms. The van der Waals surface area contributed by atoms with Gasteiger partial charge in [-0.25, -0.2) is 4.39 Å². The third kappa shape index (κ3) is 3.80. The average molecular weight is 347 g/mol. The number of halogens is 2. The molecule has 4 nitrogen and oxygen atoms in total. The number of nitrogens with zero attached hydrogens (tertiary/aromatic N) is 2. The van der Waals surface area contributed by atoms with Crippen LogP contribution in [0, 0.1) is 15.9 Å². The highest BCUT2D eigenvalue weighted by Crippen LogP contribution is 2.27. The molecule has 0 saturated carbocycles. The molecule has 24 heavy (non-hydrogen) atoms. The summed E-state index contributed by atoms with van der Waals surface area (Å²) in [7, 11) is 0. The SMILES string of the molecule is O=[N+]([O-])c1cc(CN2CC=C(c3ccc(F)cc3)CC2)ccc1Cl. The van der Waals surface area contributed by atoms with Gasteiger partial charge in [-0.2, -0.15) is 0 Å². The molecule has 0 spiro atoms. The lowest BCUT2D eigenvalue weighted by Gasteiger charge is -2.26. The third-order valence-corrected chi connectivity index (χ3v) is 4.44. The van der Waals surface area contributed by atoms with Gasteiger partial charge in [-0.1, -0.05) is 35.9 Å². The van der Waals surface area contributed by atoms with Gasteiger partial charge in [0.2, 0.25) is 0 Å². The molecule has 2 aromatic rings. The van der Waals surface area contributed by atoms with Gasteiger partial charge in [0.15, 0.2) is 0 Å².